The number of hydrogen-bond acceptors (Lipinski definition) is 5. The van der Waals surface area contributed by atoms with Gasteiger partial charge in [-0.25, -0.2) is 0 Å². The van der Waals surface area contributed by atoms with E-state index in [9.17, 15) is 4.79 Å². The van der Waals surface area contributed by atoms with Crippen LogP contribution in [0, 0.1) is 5.92 Å². The van der Waals surface area contributed by atoms with E-state index in [1.54, 1.807) is 0 Å². The first-order valence-electron chi connectivity index (χ1n) is 5.80. The van der Waals surface area contributed by atoms with Gasteiger partial charge in [0.25, 0.3) is 0 Å². The summed E-state index contributed by atoms with van der Waals surface area (Å²) >= 11 is 0. The third-order valence-corrected chi connectivity index (χ3v) is 2.99. The third kappa shape index (κ3) is 2.66. The highest BCUT2D eigenvalue weighted by atomic mass is 16.4. The molecule has 0 spiro atoms. The molecule has 5 heteroatoms. The number of likely N-dealkylation sites (tertiary alicyclic amines) is 1. The molecule has 2 heterocycles. The first-order valence-corrected chi connectivity index (χ1v) is 5.80. The summed E-state index contributed by atoms with van der Waals surface area (Å²) < 4.78 is 5.46. The van der Waals surface area contributed by atoms with Gasteiger partial charge in [-0.3, -0.25) is 4.90 Å². The van der Waals surface area contributed by atoms with Crippen molar-refractivity contribution in [1.82, 2.24) is 15.1 Å². The SMILES string of the molecule is CCc1nnc(CN2CCC(C=O)CC2)o1. The van der Waals surface area contributed by atoms with Crippen molar-refractivity contribution in [2.24, 2.45) is 5.92 Å². The van der Waals surface area contributed by atoms with Crippen LogP contribution in [0.2, 0.25) is 0 Å². The quantitative estimate of drug-likeness (QED) is 0.714. The molecule has 0 radical (unpaired) electrons. The van der Waals surface area contributed by atoms with Gasteiger partial charge in [-0.1, -0.05) is 6.92 Å². The van der Waals surface area contributed by atoms with Crippen LogP contribution in [-0.4, -0.2) is 34.5 Å². The Morgan fingerprint density at radius 1 is 1.38 bits per heavy atom. The molecule has 2 rings (SSSR count). The average molecular weight is 223 g/mol. The molecule has 0 N–H and O–H groups in total. The summed E-state index contributed by atoms with van der Waals surface area (Å²) in [6.45, 7) is 4.58. The van der Waals surface area contributed by atoms with Gasteiger partial charge < -0.3 is 9.21 Å². The Labute approximate surface area is 94.8 Å². The van der Waals surface area contributed by atoms with Crippen molar-refractivity contribution in [3.8, 4) is 0 Å². The Morgan fingerprint density at radius 3 is 2.62 bits per heavy atom. The van der Waals surface area contributed by atoms with Gasteiger partial charge in [-0.15, -0.1) is 10.2 Å². The largest absolute Gasteiger partial charge is 0.424 e. The number of hydrogen-bond donors (Lipinski definition) is 0. The van der Waals surface area contributed by atoms with Crippen LogP contribution < -0.4 is 0 Å². The number of rotatable bonds is 4. The van der Waals surface area contributed by atoms with E-state index < -0.39 is 0 Å². The summed E-state index contributed by atoms with van der Waals surface area (Å²) in [5.74, 6) is 1.62. The molecule has 1 aliphatic heterocycles. The molecular formula is C11H17N3O2. The zero-order chi connectivity index (χ0) is 11.4. The van der Waals surface area contributed by atoms with E-state index in [1.165, 1.54) is 0 Å². The molecule has 16 heavy (non-hydrogen) atoms. The van der Waals surface area contributed by atoms with E-state index >= 15 is 0 Å². The zero-order valence-electron chi connectivity index (χ0n) is 9.56. The van der Waals surface area contributed by atoms with Gasteiger partial charge in [0.2, 0.25) is 11.8 Å². The van der Waals surface area contributed by atoms with Crippen LogP contribution in [0.25, 0.3) is 0 Å². The summed E-state index contributed by atoms with van der Waals surface area (Å²) in [5.41, 5.74) is 0. The molecule has 0 aliphatic carbocycles. The second kappa shape index (κ2) is 5.21. The lowest BCUT2D eigenvalue weighted by Gasteiger charge is -2.28. The smallest absolute Gasteiger partial charge is 0.230 e. The molecule has 5 nitrogen and oxygen atoms in total. The molecule has 0 saturated carbocycles. The Hall–Kier alpha value is -1.23. The van der Waals surface area contributed by atoms with Crippen molar-refractivity contribution >= 4 is 6.29 Å². The molecule has 1 saturated heterocycles. The van der Waals surface area contributed by atoms with Crippen LogP contribution in [0.4, 0.5) is 0 Å². The molecule has 0 aromatic carbocycles. The van der Waals surface area contributed by atoms with Crippen molar-refractivity contribution in [2.75, 3.05) is 13.1 Å². The van der Waals surface area contributed by atoms with E-state index in [-0.39, 0.29) is 5.92 Å². The highest BCUT2D eigenvalue weighted by Gasteiger charge is 2.20. The standard InChI is InChI=1S/C11H17N3O2/c1-2-10-12-13-11(16-10)7-14-5-3-9(8-15)4-6-14/h8-9H,2-7H2,1H3. The Bertz CT molecular complexity index is 343. The monoisotopic (exact) mass is 223 g/mol. The minimum atomic E-state index is 0.241. The maximum absolute atomic E-state index is 10.6. The maximum atomic E-state index is 10.6. The van der Waals surface area contributed by atoms with E-state index in [2.05, 4.69) is 15.1 Å². The lowest BCUT2D eigenvalue weighted by molar-refractivity contribution is -0.112. The van der Waals surface area contributed by atoms with Crippen LogP contribution in [-0.2, 0) is 17.8 Å². The number of piperidine rings is 1. The molecule has 88 valence electrons. The average Bonchev–Trinajstić information content (AvgIpc) is 2.78. The van der Waals surface area contributed by atoms with E-state index in [0.717, 1.165) is 38.6 Å². The Kier molecular flexibility index (Phi) is 3.66. The minimum absolute atomic E-state index is 0.241. The molecule has 0 atom stereocenters. The summed E-state index contributed by atoms with van der Waals surface area (Å²) in [6.07, 6.45) is 3.73. The van der Waals surface area contributed by atoms with Crippen LogP contribution >= 0.6 is 0 Å². The summed E-state index contributed by atoms with van der Waals surface area (Å²) in [5, 5.41) is 7.92. The molecule has 0 unspecified atom stereocenters. The van der Waals surface area contributed by atoms with Gasteiger partial charge in [0.1, 0.15) is 6.29 Å². The topological polar surface area (TPSA) is 59.2 Å². The second-order valence-electron chi connectivity index (χ2n) is 4.19. The van der Waals surface area contributed by atoms with Gasteiger partial charge >= 0.3 is 0 Å². The van der Waals surface area contributed by atoms with E-state index in [0.29, 0.717) is 18.3 Å². The molecule has 0 amide bonds. The summed E-state index contributed by atoms with van der Waals surface area (Å²) in [4.78, 5) is 12.9. The van der Waals surface area contributed by atoms with Gasteiger partial charge in [0.15, 0.2) is 0 Å². The fraction of sp³-hybridized carbons (Fsp3) is 0.727. The normalized spacial score (nSPS) is 18.8. The summed E-state index contributed by atoms with van der Waals surface area (Å²) in [7, 11) is 0. The van der Waals surface area contributed by atoms with Crippen LogP contribution in [0.5, 0.6) is 0 Å². The third-order valence-electron chi connectivity index (χ3n) is 2.99. The van der Waals surface area contributed by atoms with Crippen LogP contribution in [0.15, 0.2) is 4.42 Å². The zero-order valence-corrected chi connectivity index (χ0v) is 9.56. The second-order valence-corrected chi connectivity index (χ2v) is 4.19. The highest BCUT2D eigenvalue weighted by molar-refractivity contribution is 5.53. The predicted octanol–water partition coefficient (Wildman–Crippen LogP) is 1.04. The fourth-order valence-electron chi connectivity index (χ4n) is 1.93. The number of carbonyl (C=O) groups is 1. The Balaban J connectivity index is 1.84. The number of aldehydes is 1. The van der Waals surface area contributed by atoms with Crippen molar-refractivity contribution in [2.45, 2.75) is 32.7 Å². The van der Waals surface area contributed by atoms with Crippen LogP contribution in [0.1, 0.15) is 31.5 Å². The van der Waals surface area contributed by atoms with E-state index in [4.69, 9.17) is 4.42 Å². The molecule has 1 fully saturated rings. The molecule has 0 bridgehead atoms. The molecule has 1 aliphatic rings. The number of aryl methyl sites for hydroxylation is 1. The number of aromatic nitrogens is 2. The van der Waals surface area contributed by atoms with Gasteiger partial charge in [0.05, 0.1) is 6.54 Å². The number of nitrogens with zero attached hydrogens (tertiary/aromatic N) is 3. The predicted molar refractivity (Wildman–Crippen MR) is 57.7 cm³/mol. The lowest BCUT2D eigenvalue weighted by atomic mass is 9.99. The van der Waals surface area contributed by atoms with Crippen molar-refractivity contribution in [1.29, 1.82) is 0 Å². The molecular weight excluding hydrogens is 206 g/mol. The number of carbonyl (C=O) groups excluding carboxylic acids is 1. The van der Waals surface area contributed by atoms with Crippen LogP contribution in [0.3, 0.4) is 0 Å². The van der Waals surface area contributed by atoms with Crippen molar-refractivity contribution in [3.05, 3.63) is 11.8 Å². The van der Waals surface area contributed by atoms with Crippen molar-refractivity contribution in [3.63, 3.8) is 0 Å². The lowest BCUT2D eigenvalue weighted by Crippen LogP contribution is -2.33. The van der Waals surface area contributed by atoms with Gasteiger partial charge in [-0.05, 0) is 25.9 Å². The van der Waals surface area contributed by atoms with E-state index in [1.807, 2.05) is 6.92 Å². The van der Waals surface area contributed by atoms with Crippen molar-refractivity contribution < 1.29 is 9.21 Å². The maximum Gasteiger partial charge on any atom is 0.230 e. The summed E-state index contributed by atoms with van der Waals surface area (Å²) in [6, 6.07) is 0. The Morgan fingerprint density at radius 2 is 2.06 bits per heavy atom. The minimum Gasteiger partial charge on any atom is -0.424 e. The fourth-order valence-corrected chi connectivity index (χ4v) is 1.93. The molecule has 1 aromatic heterocycles. The first kappa shape index (κ1) is 11.3. The highest BCUT2D eigenvalue weighted by Crippen LogP contribution is 2.16. The first-order chi connectivity index (χ1) is 7.81. The molecule has 1 aromatic rings. The van der Waals surface area contributed by atoms with Gasteiger partial charge in [0, 0.05) is 12.3 Å². The van der Waals surface area contributed by atoms with Gasteiger partial charge in [-0.2, -0.15) is 0 Å².